The number of carbonyl (C=O) groups excluding carboxylic acids is 2. The highest BCUT2D eigenvalue weighted by Gasteiger charge is 2.36. The van der Waals surface area contributed by atoms with E-state index in [0.717, 1.165) is 0 Å². The Morgan fingerprint density at radius 2 is 1.57 bits per heavy atom. The first-order valence-corrected chi connectivity index (χ1v) is 15.0. The summed E-state index contributed by atoms with van der Waals surface area (Å²) in [6.45, 7) is 10.9. The molecule has 0 aliphatic rings. The number of para-hydroxylation sites is 2. The van der Waals surface area contributed by atoms with Crippen LogP contribution in [0.25, 0.3) is 0 Å². The van der Waals surface area contributed by atoms with Gasteiger partial charge in [-0.1, -0.05) is 68.2 Å². The maximum absolute atomic E-state index is 12.3. The van der Waals surface area contributed by atoms with E-state index in [1.807, 2.05) is 6.07 Å². The third-order valence-corrected chi connectivity index (χ3v) is 10.9. The van der Waals surface area contributed by atoms with Crippen LogP contribution in [-0.2, 0) is 29.9 Å². The number of ether oxygens (including phenoxy) is 3. The molecular formula is C25H33Cl2NO6Si. The number of halogens is 2. The van der Waals surface area contributed by atoms with Crippen molar-refractivity contribution in [2.24, 2.45) is 0 Å². The lowest BCUT2D eigenvalue weighted by atomic mass is 10.1. The van der Waals surface area contributed by atoms with Crippen LogP contribution in [0.15, 0.2) is 42.5 Å². The summed E-state index contributed by atoms with van der Waals surface area (Å²) in [6.07, 6.45) is -0.393. The fourth-order valence-electron chi connectivity index (χ4n) is 2.70. The number of nitrogens with one attached hydrogen (secondary N) is 1. The monoisotopic (exact) mass is 541 g/mol. The molecule has 2 rings (SSSR count). The quantitative estimate of drug-likeness (QED) is 0.138. The summed E-state index contributed by atoms with van der Waals surface area (Å²) in [7, 11) is -1.83. The molecule has 0 aliphatic carbocycles. The van der Waals surface area contributed by atoms with Crippen LogP contribution in [0, 0.1) is 0 Å². The predicted octanol–water partition coefficient (Wildman–Crippen LogP) is 7.35. The average molecular weight is 543 g/mol. The van der Waals surface area contributed by atoms with Gasteiger partial charge >= 0.3 is 12.1 Å². The Kier molecular flexibility index (Phi) is 10.9. The summed E-state index contributed by atoms with van der Waals surface area (Å²) in [4.78, 5) is 24.0. The topological polar surface area (TPSA) is 83.1 Å². The fourth-order valence-corrected chi connectivity index (χ4v) is 4.28. The molecule has 0 amide bonds. The third kappa shape index (κ3) is 9.37. The molecule has 0 aliphatic heterocycles. The van der Waals surface area contributed by atoms with E-state index in [4.69, 9.17) is 41.8 Å². The Morgan fingerprint density at radius 3 is 2.23 bits per heavy atom. The lowest BCUT2D eigenvalue weighted by Crippen LogP contribution is -2.41. The summed E-state index contributed by atoms with van der Waals surface area (Å²) in [5.41, 5.74) is 1.86. The SMILES string of the molecule is CC(C)(C)[Si](C)(C)OCCCOC(=O)OCOC(=O)Cc1ccccc1Nc1c(Cl)cccc1Cl. The minimum Gasteiger partial charge on any atom is -0.434 e. The van der Waals surface area contributed by atoms with Gasteiger partial charge in [-0.3, -0.25) is 4.79 Å². The maximum atomic E-state index is 12.3. The van der Waals surface area contributed by atoms with Gasteiger partial charge in [0.25, 0.3) is 0 Å². The molecule has 0 aromatic heterocycles. The van der Waals surface area contributed by atoms with Gasteiger partial charge in [0.2, 0.25) is 6.79 Å². The molecule has 0 unspecified atom stereocenters. The standard InChI is InChI=1S/C25H33Cl2NO6Si/c1-25(2,3)35(4,5)34-15-9-14-31-24(30)33-17-32-22(29)16-18-10-6-7-13-21(18)28-23-19(26)11-8-12-20(23)27/h6-8,10-13,28H,9,14-17H2,1-5H3. The number of anilines is 2. The van der Waals surface area contributed by atoms with Gasteiger partial charge in [-0.15, -0.1) is 0 Å². The summed E-state index contributed by atoms with van der Waals surface area (Å²) < 4.78 is 20.9. The van der Waals surface area contributed by atoms with Crippen LogP contribution in [0.4, 0.5) is 16.2 Å². The zero-order chi connectivity index (χ0) is 26.1. The second kappa shape index (κ2) is 13.2. The van der Waals surface area contributed by atoms with E-state index in [9.17, 15) is 9.59 Å². The summed E-state index contributed by atoms with van der Waals surface area (Å²) in [6, 6.07) is 12.4. The van der Waals surface area contributed by atoms with Crippen molar-refractivity contribution < 1.29 is 28.2 Å². The Balaban J connectivity index is 1.73. The Morgan fingerprint density at radius 1 is 0.914 bits per heavy atom. The van der Waals surface area contributed by atoms with Gasteiger partial charge in [-0.25, -0.2) is 4.79 Å². The molecule has 7 nitrogen and oxygen atoms in total. The van der Waals surface area contributed by atoms with E-state index in [0.29, 0.717) is 40.0 Å². The maximum Gasteiger partial charge on any atom is 0.511 e. The van der Waals surface area contributed by atoms with E-state index >= 15 is 0 Å². The van der Waals surface area contributed by atoms with Gasteiger partial charge in [-0.2, -0.15) is 0 Å². The zero-order valence-electron chi connectivity index (χ0n) is 20.8. The van der Waals surface area contributed by atoms with Crippen LogP contribution in [0.5, 0.6) is 0 Å². The van der Waals surface area contributed by atoms with Gasteiger partial charge in [0.1, 0.15) is 0 Å². The molecule has 0 atom stereocenters. The van der Waals surface area contributed by atoms with Gasteiger partial charge in [0.05, 0.1) is 28.8 Å². The normalized spacial score (nSPS) is 11.6. The number of benzene rings is 2. The number of carbonyl (C=O) groups is 2. The van der Waals surface area contributed by atoms with Gasteiger partial charge < -0.3 is 24.0 Å². The summed E-state index contributed by atoms with van der Waals surface area (Å²) in [5, 5.41) is 4.18. The molecule has 0 saturated heterocycles. The molecule has 192 valence electrons. The molecule has 2 aromatic carbocycles. The van der Waals surface area contributed by atoms with Crippen molar-refractivity contribution in [1.29, 1.82) is 0 Å². The van der Waals surface area contributed by atoms with Crippen LogP contribution in [0.2, 0.25) is 28.2 Å². The highest BCUT2D eigenvalue weighted by atomic mass is 35.5. The second-order valence-corrected chi connectivity index (χ2v) is 15.0. The van der Waals surface area contributed by atoms with Crippen LogP contribution >= 0.6 is 23.2 Å². The largest absolute Gasteiger partial charge is 0.511 e. The molecule has 0 spiro atoms. The number of hydrogen-bond acceptors (Lipinski definition) is 7. The van der Waals surface area contributed by atoms with E-state index in [1.54, 1.807) is 36.4 Å². The molecule has 10 heteroatoms. The van der Waals surface area contributed by atoms with Crippen molar-refractivity contribution in [2.75, 3.05) is 25.3 Å². The molecule has 2 aromatic rings. The molecule has 0 bridgehead atoms. The Hall–Kier alpha value is -2.26. The molecular weight excluding hydrogens is 509 g/mol. The van der Waals surface area contributed by atoms with E-state index in [1.165, 1.54) is 0 Å². The molecule has 1 N–H and O–H groups in total. The van der Waals surface area contributed by atoms with Crippen molar-refractivity contribution in [2.45, 2.75) is 51.7 Å². The van der Waals surface area contributed by atoms with E-state index < -0.39 is 27.2 Å². The summed E-state index contributed by atoms with van der Waals surface area (Å²) in [5.74, 6) is -0.569. The van der Waals surface area contributed by atoms with Crippen LogP contribution < -0.4 is 5.32 Å². The van der Waals surface area contributed by atoms with Crippen LogP contribution in [0.3, 0.4) is 0 Å². The first-order valence-electron chi connectivity index (χ1n) is 11.3. The Bertz CT molecular complexity index is 989. The van der Waals surface area contributed by atoms with Gasteiger partial charge in [0, 0.05) is 18.7 Å². The summed E-state index contributed by atoms with van der Waals surface area (Å²) >= 11 is 12.4. The highest BCUT2D eigenvalue weighted by Crippen LogP contribution is 2.36. The molecule has 0 fully saturated rings. The average Bonchev–Trinajstić information content (AvgIpc) is 2.76. The third-order valence-electron chi connectivity index (χ3n) is 5.75. The number of esters is 1. The number of hydrogen-bond donors (Lipinski definition) is 1. The van der Waals surface area contributed by atoms with E-state index in [2.05, 4.69) is 39.2 Å². The zero-order valence-corrected chi connectivity index (χ0v) is 23.3. The minimum absolute atomic E-state index is 0.0472. The first kappa shape index (κ1) is 29.0. The van der Waals surface area contributed by atoms with Crippen LogP contribution in [0.1, 0.15) is 32.8 Å². The van der Waals surface area contributed by atoms with Crippen molar-refractivity contribution in [3.8, 4) is 0 Å². The van der Waals surface area contributed by atoms with Gasteiger partial charge in [-0.05, 0) is 41.9 Å². The van der Waals surface area contributed by atoms with E-state index in [-0.39, 0.29) is 18.1 Å². The second-order valence-electron chi connectivity index (χ2n) is 9.39. The molecule has 0 radical (unpaired) electrons. The highest BCUT2D eigenvalue weighted by molar-refractivity contribution is 6.74. The predicted molar refractivity (Wildman–Crippen MR) is 141 cm³/mol. The van der Waals surface area contributed by atoms with Crippen LogP contribution in [-0.4, -0.2) is 40.4 Å². The van der Waals surface area contributed by atoms with Crippen molar-refractivity contribution >= 4 is 55.0 Å². The van der Waals surface area contributed by atoms with Gasteiger partial charge in [0.15, 0.2) is 8.32 Å². The lowest BCUT2D eigenvalue weighted by Gasteiger charge is -2.36. The number of rotatable bonds is 11. The first-order chi connectivity index (χ1) is 16.4. The molecule has 0 saturated carbocycles. The Labute approximate surface area is 218 Å². The molecule has 0 heterocycles. The van der Waals surface area contributed by atoms with Crippen molar-refractivity contribution in [3.05, 3.63) is 58.1 Å². The lowest BCUT2D eigenvalue weighted by molar-refractivity contribution is -0.152. The fraction of sp³-hybridized carbons (Fsp3) is 0.440. The minimum atomic E-state index is -1.83. The van der Waals surface area contributed by atoms with Crippen molar-refractivity contribution in [1.82, 2.24) is 0 Å². The smallest absolute Gasteiger partial charge is 0.434 e. The van der Waals surface area contributed by atoms with Crippen molar-refractivity contribution in [3.63, 3.8) is 0 Å². The molecule has 35 heavy (non-hydrogen) atoms.